The van der Waals surface area contributed by atoms with Gasteiger partial charge in [0.15, 0.2) is 12.4 Å². The van der Waals surface area contributed by atoms with Gasteiger partial charge >= 0.3 is 0 Å². The number of pyridine rings is 1. The molecule has 0 unspecified atom stereocenters. The van der Waals surface area contributed by atoms with Crippen molar-refractivity contribution in [1.82, 2.24) is 0 Å². The van der Waals surface area contributed by atoms with Gasteiger partial charge in [-0.3, -0.25) is 4.55 Å². The molecule has 1 aromatic rings. The molecule has 0 aliphatic heterocycles. The van der Waals surface area contributed by atoms with Gasteiger partial charge < -0.3 is 0 Å². The Labute approximate surface area is 85.0 Å². The first-order chi connectivity index (χ1) is 6.33. The summed E-state index contributed by atoms with van der Waals surface area (Å²) in [5.74, 6) is 0. The standard InChI is InChI=1S/C8H12N.CH4O3S/c1-3-8-4-6-9(2)7-5-8;1-5(2,3)4/h4-7H,3H2,1-2H3;1H3,(H,2,3,4)/q+1;. The van der Waals surface area contributed by atoms with Gasteiger partial charge in [0.1, 0.15) is 7.05 Å². The van der Waals surface area contributed by atoms with E-state index < -0.39 is 10.1 Å². The third-order valence-corrected chi connectivity index (χ3v) is 1.46. The van der Waals surface area contributed by atoms with Crippen LogP contribution in [-0.2, 0) is 23.6 Å². The number of nitrogens with zero attached hydrogens (tertiary/aromatic N) is 1. The molecule has 0 spiro atoms. The van der Waals surface area contributed by atoms with Crippen LogP contribution in [-0.4, -0.2) is 19.2 Å². The molecule has 0 atom stereocenters. The lowest BCUT2D eigenvalue weighted by Gasteiger charge is -1.90. The molecule has 0 aromatic carbocycles. The van der Waals surface area contributed by atoms with E-state index >= 15 is 0 Å². The van der Waals surface area contributed by atoms with Gasteiger partial charge in [-0.2, -0.15) is 8.42 Å². The molecule has 0 fully saturated rings. The lowest BCUT2D eigenvalue weighted by atomic mass is 10.2. The van der Waals surface area contributed by atoms with Crippen LogP contribution in [0.15, 0.2) is 24.5 Å². The first-order valence-corrected chi connectivity index (χ1v) is 6.04. The molecule has 80 valence electrons. The maximum Gasteiger partial charge on any atom is 0.261 e. The molecule has 0 bridgehead atoms. The average Bonchev–Trinajstić information content (AvgIpc) is 2.03. The lowest BCUT2D eigenvalue weighted by Crippen LogP contribution is -2.25. The van der Waals surface area contributed by atoms with Crippen LogP contribution in [0.1, 0.15) is 12.5 Å². The van der Waals surface area contributed by atoms with Gasteiger partial charge in [0.05, 0.1) is 6.26 Å². The Morgan fingerprint density at radius 3 is 2.00 bits per heavy atom. The van der Waals surface area contributed by atoms with Crippen LogP contribution >= 0.6 is 0 Å². The van der Waals surface area contributed by atoms with Crippen LogP contribution in [0.2, 0.25) is 0 Å². The minimum Gasteiger partial charge on any atom is -0.286 e. The predicted octanol–water partition coefficient (Wildman–Crippen LogP) is 0.578. The van der Waals surface area contributed by atoms with Crippen molar-refractivity contribution in [2.24, 2.45) is 7.05 Å². The van der Waals surface area contributed by atoms with E-state index in [1.165, 1.54) is 5.56 Å². The van der Waals surface area contributed by atoms with E-state index in [1.54, 1.807) is 0 Å². The minimum atomic E-state index is -3.67. The predicted molar refractivity (Wildman–Crippen MR) is 54.5 cm³/mol. The van der Waals surface area contributed by atoms with Crippen molar-refractivity contribution in [2.75, 3.05) is 6.26 Å². The summed E-state index contributed by atoms with van der Waals surface area (Å²) in [6.07, 6.45) is 5.98. The minimum absolute atomic E-state index is 0.715. The second-order valence-electron chi connectivity index (χ2n) is 2.96. The van der Waals surface area contributed by atoms with E-state index in [0.29, 0.717) is 6.26 Å². The first-order valence-electron chi connectivity index (χ1n) is 4.19. The SMILES string of the molecule is CCc1cc[n+](C)cc1.CS(=O)(=O)O. The highest BCUT2D eigenvalue weighted by Gasteiger charge is 1.90. The third kappa shape index (κ3) is 9.15. The van der Waals surface area contributed by atoms with Crippen LogP contribution in [0.3, 0.4) is 0 Å². The number of hydrogen-bond acceptors (Lipinski definition) is 2. The van der Waals surface area contributed by atoms with Crippen molar-refractivity contribution >= 4 is 10.1 Å². The summed E-state index contributed by atoms with van der Waals surface area (Å²) in [5, 5.41) is 0. The molecule has 0 saturated carbocycles. The summed E-state index contributed by atoms with van der Waals surface area (Å²) in [6, 6.07) is 4.28. The quantitative estimate of drug-likeness (QED) is 0.554. The molecule has 0 saturated heterocycles. The van der Waals surface area contributed by atoms with Crippen molar-refractivity contribution in [2.45, 2.75) is 13.3 Å². The second-order valence-corrected chi connectivity index (χ2v) is 4.42. The van der Waals surface area contributed by atoms with E-state index in [1.807, 2.05) is 11.6 Å². The zero-order chi connectivity index (χ0) is 11.2. The zero-order valence-electron chi connectivity index (χ0n) is 8.64. The zero-order valence-corrected chi connectivity index (χ0v) is 9.45. The van der Waals surface area contributed by atoms with E-state index in [9.17, 15) is 8.42 Å². The molecule has 14 heavy (non-hydrogen) atoms. The van der Waals surface area contributed by atoms with Gasteiger partial charge in [-0.1, -0.05) is 6.92 Å². The summed E-state index contributed by atoms with van der Waals surface area (Å²) in [7, 11) is -1.64. The van der Waals surface area contributed by atoms with Crippen molar-refractivity contribution < 1.29 is 17.5 Å². The van der Waals surface area contributed by atoms with E-state index in [4.69, 9.17) is 4.55 Å². The van der Waals surface area contributed by atoms with E-state index in [-0.39, 0.29) is 0 Å². The number of rotatable bonds is 1. The maximum atomic E-state index is 9.19. The summed E-state index contributed by atoms with van der Waals surface area (Å²) in [4.78, 5) is 0. The highest BCUT2D eigenvalue weighted by atomic mass is 32.2. The Morgan fingerprint density at radius 2 is 1.71 bits per heavy atom. The molecule has 4 nitrogen and oxygen atoms in total. The molecule has 1 N–H and O–H groups in total. The van der Waals surface area contributed by atoms with Crippen LogP contribution in [0.5, 0.6) is 0 Å². The molecular formula is C9H16NO3S+. The Balaban J connectivity index is 0.000000292. The van der Waals surface area contributed by atoms with Crippen LogP contribution in [0.4, 0.5) is 0 Å². The number of aromatic nitrogens is 1. The third-order valence-electron chi connectivity index (χ3n) is 1.46. The largest absolute Gasteiger partial charge is 0.286 e. The second kappa shape index (κ2) is 5.72. The van der Waals surface area contributed by atoms with Gasteiger partial charge in [0.2, 0.25) is 0 Å². The van der Waals surface area contributed by atoms with Gasteiger partial charge in [-0.05, 0) is 12.0 Å². The Bertz CT molecular complexity index is 348. The fourth-order valence-electron chi connectivity index (χ4n) is 0.768. The molecule has 0 aliphatic rings. The maximum absolute atomic E-state index is 9.19. The molecule has 0 radical (unpaired) electrons. The molecule has 1 aromatic heterocycles. The summed E-state index contributed by atoms with van der Waals surface area (Å²) >= 11 is 0. The molecule has 5 heteroatoms. The van der Waals surface area contributed by atoms with Gasteiger partial charge in [-0.25, -0.2) is 4.57 Å². The van der Waals surface area contributed by atoms with Crippen molar-refractivity contribution in [1.29, 1.82) is 0 Å². The van der Waals surface area contributed by atoms with E-state index in [2.05, 4.69) is 31.5 Å². The highest BCUT2D eigenvalue weighted by Crippen LogP contribution is 1.93. The lowest BCUT2D eigenvalue weighted by molar-refractivity contribution is -0.671. The Kier molecular flexibility index (Phi) is 5.34. The Hall–Kier alpha value is -0.940. The molecule has 0 aliphatic carbocycles. The Morgan fingerprint density at radius 1 is 1.36 bits per heavy atom. The van der Waals surface area contributed by atoms with Crippen molar-refractivity contribution in [3.05, 3.63) is 30.1 Å². The first kappa shape index (κ1) is 13.1. The topological polar surface area (TPSA) is 58.2 Å². The molecular weight excluding hydrogens is 202 g/mol. The van der Waals surface area contributed by atoms with Gasteiger partial charge in [0, 0.05) is 12.1 Å². The monoisotopic (exact) mass is 218 g/mol. The van der Waals surface area contributed by atoms with Gasteiger partial charge in [-0.15, -0.1) is 0 Å². The van der Waals surface area contributed by atoms with Crippen LogP contribution in [0.25, 0.3) is 0 Å². The molecule has 1 rings (SSSR count). The van der Waals surface area contributed by atoms with Crippen LogP contribution < -0.4 is 4.57 Å². The molecule has 1 heterocycles. The van der Waals surface area contributed by atoms with E-state index in [0.717, 1.165) is 6.42 Å². The summed E-state index contributed by atoms with van der Waals surface area (Å²) in [6.45, 7) is 2.16. The fourth-order valence-corrected chi connectivity index (χ4v) is 0.768. The fraction of sp³-hybridized carbons (Fsp3) is 0.444. The molecule has 0 amide bonds. The normalized spacial score (nSPS) is 10.3. The van der Waals surface area contributed by atoms with Crippen molar-refractivity contribution in [3.63, 3.8) is 0 Å². The average molecular weight is 218 g/mol. The summed E-state index contributed by atoms with van der Waals surface area (Å²) in [5.41, 5.74) is 1.40. The highest BCUT2D eigenvalue weighted by molar-refractivity contribution is 7.85. The van der Waals surface area contributed by atoms with Crippen molar-refractivity contribution in [3.8, 4) is 0 Å². The number of hydrogen-bond donors (Lipinski definition) is 1. The summed E-state index contributed by atoms with van der Waals surface area (Å²) < 4.78 is 27.9. The smallest absolute Gasteiger partial charge is 0.261 e. The number of aryl methyl sites for hydroxylation is 2. The van der Waals surface area contributed by atoms with Crippen LogP contribution in [0, 0.1) is 0 Å². The van der Waals surface area contributed by atoms with Gasteiger partial charge in [0.25, 0.3) is 10.1 Å².